The third-order valence-corrected chi connectivity index (χ3v) is 4.43. The Morgan fingerprint density at radius 1 is 1.15 bits per heavy atom. The third kappa shape index (κ3) is 3.50. The van der Waals surface area contributed by atoms with Crippen molar-refractivity contribution < 1.29 is 37.0 Å². The first kappa shape index (κ1) is 20.1. The van der Waals surface area contributed by atoms with Crippen molar-refractivity contribution in [1.29, 1.82) is 0 Å². The summed E-state index contributed by atoms with van der Waals surface area (Å²) in [4.78, 5) is 25.4. The number of fused-ring (bicyclic) bond motifs is 1. The number of carbonyl (C=O) groups is 2. The predicted octanol–water partition coefficient (Wildman–Crippen LogP) is 3.50. The Balaban J connectivity index is 2.67. The molecule has 1 aliphatic carbocycles. The van der Waals surface area contributed by atoms with E-state index in [4.69, 9.17) is 14.2 Å². The van der Waals surface area contributed by atoms with Gasteiger partial charge in [-0.1, -0.05) is 12.1 Å². The van der Waals surface area contributed by atoms with Gasteiger partial charge in [0.15, 0.2) is 5.41 Å². The van der Waals surface area contributed by atoms with Crippen molar-refractivity contribution in [2.45, 2.75) is 44.2 Å². The van der Waals surface area contributed by atoms with Gasteiger partial charge in [-0.25, -0.2) is 0 Å². The first-order chi connectivity index (χ1) is 12.2. The zero-order valence-corrected chi connectivity index (χ0v) is 14.8. The zero-order chi connectivity index (χ0) is 19.5. The van der Waals surface area contributed by atoms with E-state index in [1.54, 1.807) is 13.8 Å². The minimum absolute atomic E-state index is 0.0107. The Bertz CT molecular complexity index is 666. The van der Waals surface area contributed by atoms with Crippen LogP contribution in [0.25, 0.3) is 0 Å². The summed E-state index contributed by atoms with van der Waals surface area (Å²) >= 11 is 0. The molecule has 1 unspecified atom stereocenters. The number of hydrogen-bond donors (Lipinski definition) is 0. The lowest BCUT2D eigenvalue weighted by molar-refractivity contribution is -0.166. The lowest BCUT2D eigenvalue weighted by Crippen LogP contribution is -2.44. The summed E-state index contributed by atoms with van der Waals surface area (Å²) < 4.78 is 54.6. The van der Waals surface area contributed by atoms with E-state index in [1.165, 1.54) is 25.3 Å². The van der Waals surface area contributed by atoms with E-state index in [0.717, 1.165) is 0 Å². The van der Waals surface area contributed by atoms with Crippen molar-refractivity contribution in [3.63, 3.8) is 0 Å². The van der Waals surface area contributed by atoms with Crippen molar-refractivity contribution in [3.8, 4) is 5.75 Å². The van der Waals surface area contributed by atoms with Gasteiger partial charge in [-0.3, -0.25) is 9.59 Å². The van der Waals surface area contributed by atoms with Crippen LogP contribution in [0.15, 0.2) is 18.2 Å². The van der Waals surface area contributed by atoms with Crippen LogP contribution in [0.4, 0.5) is 13.2 Å². The van der Waals surface area contributed by atoms with Crippen molar-refractivity contribution in [3.05, 3.63) is 29.3 Å². The molecular formula is C18H21F3O5. The van der Waals surface area contributed by atoms with Gasteiger partial charge in [-0.05, 0) is 37.8 Å². The smallest absolute Gasteiger partial charge is 0.389 e. The molecule has 1 aromatic carbocycles. The summed E-state index contributed by atoms with van der Waals surface area (Å²) in [5.41, 5.74) is -1.57. The standard InChI is InChI=1S/C18H21F3O5/c1-4-25-15(22)17(16(23)26-5-2)9-11(10-18(19,20)21)14-12(17)7-6-8-13(14)24-3/h6-8,11H,4-5,9-10H2,1-3H3. The van der Waals surface area contributed by atoms with Gasteiger partial charge >= 0.3 is 18.1 Å². The van der Waals surface area contributed by atoms with E-state index in [2.05, 4.69) is 0 Å². The molecule has 0 aliphatic heterocycles. The van der Waals surface area contributed by atoms with Gasteiger partial charge in [0.1, 0.15) is 5.75 Å². The first-order valence-electron chi connectivity index (χ1n) is 8.29. The Morgan fingerprint density at radius 3 is 2.19 bits per heavy atom. The molecule has 0 fully saturated rings. The normalized spacial score (nSPS) is 18.2. The van der Waals surface area contributed by atoms with Gasteiger partial charge in [-0.15, -0.1) is 0 Å². The number of ether oxygens (including phenoxy) is 3. The number of methoxy groups -OCH3 is 1. The van der Waals surface area contributed by atoms with Crippen LogP contribution < -0.4 is 4.74 Å². The summed E-state index contributed by atoms with van der Waals surface area (Å²) in [7, 11) is 1.33. The molecule has 0 saturated carbocycles. The van der Waals surface area contributed by atoms with E-state index in [9.17, 15) is 22.8 Å². The van der Waals surface area contributed by atoms with Gasteiger partial charge in [0.25, 0.3) is 0 Å². The number of halogens is 3. The monoisotopic (exact) mass is 374 g/mol. The zero-order valence-electron chi connectivity index (χ0n) is 14.8. The maximum atomic E-state index is 13.1. The summed E-state index contributed by atoms with van der Waals surface area (Å²) in [6, 6.07) is 4.50. The van der Waals surface area contributed by atoms with Crippen molar-refractivity contribution in [2.75, 3.05) is 20.3 Å². The molecule has 0 radical (unpaired) electrons. The summed E-state index contributed by atoms with van der Waals surface area (Å²) in [5, 5.41) is 0. The topological polar surface area (TPSA) is 61.8 Å². The van der Waals surface area contributed by atoms with Gasteiger partial charge in [-0.2, -0.15) is 13.2 Å². The van der Waals surface area contributed by atoms with Crippen LogP contribution in [0.3, 0.4) is 0 Å². The Morgan fingerprint density at radius 2 is 1.73 bits per heavy atom. The van der Waals surface area contributed by atoms with Crippen LogP contribution in [0.2, 0.25) is 0 Å². The van der Waals surface area contributed by atoms with Crippen molar-refractivity contribution in [1.82, 2.24) is 0 Å². The average Bonchev–Trinajstić information content (AvgIpc) is 2.89. The SMILES string of the molecule is CCOC(=O)C1(C(=O)OCC)CC(CC(F)(F)F)c2c(OC)cccc21. The van der Waals surface area contributed by atoms with Crippen LogP contribution in [0.1, 0.15) is 43.7 Å². The van der Waals surface area contributed by atoms with E-state index in [-0.39, 0.29) is 36.5 Å². The molecule has 0 saturated heterocycles. The van der Waals surface area contributed by atoms with Gasteiger partial charge in [0.05, 0.1) is 26.7 Å². The Kier molecular flexibility index (Phi) is 5.83. The molecule has 0 N–H and O–H groups in total. The van der Waals surface area contributed by atoms with Crippen LogP contribution >= 0.6 is 0 Å². The first-order valence-corrected chi connectivity index (χ1v) is 8.29. The van der Waals surface area contributed by atoms with Crippen molar-refractivity contribution in [2.24, 2.45) is 0 Å². The van der Waals surface area contributed by atoms with Gasteiger partial charge in [0, 0.05) is 5.56 Å². The number of carbonyl (C=O) groups excluding carboxylic acids is 2. The van der Waals surface area contributed by atoms with Crippen LogP contribution in [-0.4, -0.2) is 38.4 Å². The van der Waals surface area contributed by atoms with Crippen molar-refractivity contribution >= 4 is 11.9 Å². The van der Waals surface area contributed by atoms with Gasteiger partial charge < -0.3 is 14.2 Å². The fraction of sp³-hybridized carbons (Fsp3) is 0.556. The number of hydrogen-bond acceptors (Lipinski definition) is 5. The lowest BCUT2D eigenvalue weighted by Gasteiger charge is -2.26. The van der Waals surface area contributed by atoms with E-state index >= 15 is 0 Å². The highest BCUT2D eigenvalue weighted by Gasteiger charge is 2.59. The van der Waals surface area contributed by atoms with Crippen LogP contribution in [0.5, 0.6) is 5.75 Å². The summed E-state index contributed by atoms with van der Waals surface area (Å²) in [6.45, 7) is 3.10. The Labute approximate surface area is 149 Å². The fourth-order valence-electron chi connectivity index (χ4n) is 3.53. The second-order valence-corrected chi connectivity index (χ2v) is 5.99. The van der Waals surface area contributed by atoms with Crippen LogP contribution in [0, 0.1) is 0 Å². The van der Waals surface area contributed by atoms with E-state index in [1.807, 2.05) is 0 Å². The molecular weight excluding hydrogens is 353 g/mol. The van der Waals surface area contributed by atoms with E-state index < -0.39 is 35.9 Å². The number of benzene rings is 1. The number of esters is 2. The fourth-order valence-corrected chi connectivity index (χ4v) is 3.53. The average molecular weight is 374 g/mol. The highest BCUT2D eigenvalue weighted by atomic mass is 19.4. The molecule has 0 amide bonds. The Hall–Kier alpha value is -2.25. The minimum atomic E-state index is -4.47. The predicted molar refractivity (Wildman–Crippen MR) is 86.0 cm³/mol. The van der Waals surface area contributed by atoms with E-state index in [0.29, 0.717) is 0 Å². The molecule has 1 aliphatic rings. The maximum Gasteiger partial charge on any atom is 0.389 e. The molecule has 2 rings (SSSR count). The second-order valence-electron chi connectivity index (χ2n) is 5.99. The number of alkyl halides is 3. The minimum Gasteiger partial charge on any atom is -0.496 e. The molecule has 0 spiro atoms. The second kappa shape index (κ2) is 7.55. The highest BCUT2D eigenvalue weighted by Crippen LogP contribution is 2.54. The largest absolute Gasteiger partial charge is 0.496 e. The highest BCUT2D eigenvalue weighted by molar-refractivity contribution is 6.08. The lowest BCUT2D eigenvalue weighted by atomic mass is 9.81. The molecule has 0 heterocycles. The number of rotatable bonds is 6. The third-order valence-electron chi connectivity index (χ3n) is 4.43. The summed E-state index contributed by atoms with van der Waals surface area (Å²) in [5.74, 6) is -2.72. The maximum absolute atomic E-state index is 13.1. The quantitative estimate of drug-likeness (QED) is 0.563. The molecule has 26 heavy (non-hydrogen) atoms. The molecule has 0 aromatic heterocycles. The molecule has 144 valence electrons. The molecule has 5 nitrogen and oxygen atoms in total. The van der Waals surface area contributed by atoms with Crippen LogP contribution in [-0.2, 0) is 24.5 Å². The molecule has 1 aromatic rings. The molecule has 1 atom stereocenters. The molecule has 0 bridgehead atoms. The van der Waals surface area contributed by atoms with Gasteiger partial charge in [0.2, 0.25) is 0 Å². The molecule has 8 heteroatoms. The summed E-state index contributed by atoms with van der Waals surface area (Å²) in [6.07, 6.45) is -6.02.